The van der Waals surface area contributed by atoms with Gasteiger partial charge in [0.25, 0.3) is 0 Å². The molecule has 0 saturated carbocycles. The van der Waals surface area contributed by atoms with E-state index >= 15 is 0 Å². The lowest BCUT2D eigenvalue weighted by molar-refractivity contribution is -0.124. The molecular weight excluding hydrogens is 310 g/mol. The van der Waals surface area contributed by atoms with E-state index in [4.69, 9.17) is 11.6 Å². The van der Waals surface area contributed by atoms with Crippen LogP contribution in [0.15, 0.2) is 24.3 Å². The molecule has 0 radical (unpaired) electrons. The maximum Gasteiger partial charge on any atom is 0.228 e. The Kier molecular flexibility index (Phi) is 4.94. The van der Waals surface area contributed by atoms with Crippen LogP contribution < -0.4 is 5.32 Å². The van der Waals surface area contributed by atoms with Gasteiger partial charge in [0.15, 0.2) is 9.84 Å². The summed E-state index contributed by atoms with van der Waals surface area (Å²) < 4.78 is 22.9. The molecule has 0 bridgehead atoms. The van der Waals surface area contributed by atoms with Crippen LogP contribution in [0.5, 0.6) is 0 Å². The summed E-state index contributed by atoms with van der Waals surface area (Å²) in [4.78, 5) is 12.5. The van der Waals surface area contributed by atoms with Gasteiger partial charge in [-0.3, -0.25) is 4.79 Å². The molecule has 21 heavy (non-hydrogen) atoms. The van der Waals surface area contributed by atoms with Crippen molar-refractivity contribution in [2.75, 3.05) is 11.5 Å². The Labute approximate surface area is 130 Å². The fourth-order valence-electron chi connectivity index (χ4n) is 2.71. The quantitative estimate of drug-likeness (QED) is 0.922. The summed E-state index contributed by atoms with van der Waals surface area (Å²) >= 11 is 5.88. The average Bonchev–Trinajstić information content (AvgIpc) is 2.71. The van der Waals surface area contributed by atoms with Crippen LogP contribution in [0.1, 0.15) is 31.7 Å². The molecule has 1 aromatic rings. The van der Waals surface area contributed by atoms with E-state index in [1.165, 1.54) is 0 Å². The van der Waals surface area contributed by atoms with E-state index in [0.717, 1.165) is 5.56 Å². The second-order valence-corrected chi connectivity index (χ2v) is 8.55. The zero-order chi connectivity index (χ0) is 15.6. The van der Waals surface area contributed by atoms with Crippen molar-refractivity contribution in [3.63, 3.8) is 0 Å². The number of sulfone groups is 1. The van der Waals surface area contributed by atoms with Gasteiger partial charge in [0, 0.05) is 11.1 Å². The lowest BCUT2D eigenvalue weighted by Crippen LogP contribution is -2.40. The second-order valence-electron chi connectivity index (χ2n) is 5.88. The third-order valence-corrected chi connectivity index (χ3v) is 5.78. The highest BCUT2D eigenvalue weighted by Gasteiger charge is 2.32. The molecule has 0 spiro atoms. The van der Waals surface area contributed by atoms with Crippen molar-refractivity contribution in [1.82, 2.24) is 5.32 Å². The molecule has 116 valence electrons. The van der Waals surface area contributed by atoms with Crippen molar-refractivity contribution in [2.45, 2.75) is 32.2 Å². The first kappa shape index (κ1) is 16.3. The molecule has 1 heterocycles. The van der Waals surface area contributed by atoms with Crippen molar-refractivity contribution < 1.29 is 13.2 Å². The number of hydrogen-bond donors (Lipinski definition) is 1. The SMILES string of the molecule is CC(C)[C@@H](C(=O)N[C@@H]1CCS(=O)(=O)C1)c1ccc(Cl)cc1. The number of carbonyl (C=O) groups excluding carboxylic acids is 1. The van der Waals surface area contributed by atoms with E-state index in [9.17, 15) is 13.2 Å². The van der Waals surface area contributed by atoms with Gasteiger partial charge in [0.1, 0.15) is 0 Å². The second kappa shape index (κ2) is 6.36. The van der Waals surface area contributed by atoms with Gasteiger partial charge in [-0.25, -0.2) is 8.42 Å². The smallest absolute Gasteiger partial charge is 0.228 e. The van der Waals surface area contributed by atoms with Crippen molar-refractivity contribution in [3.05, 3.63) is 34.9 Å². The Hall–Kier alpha value is -1.07. The molecule has 2 atom stereocenters. The predicted molar refractivity (Wildman–Crippen MR) is 84.2 cm³/mol. The maximum absolute atomic E-state index is 12.5. The topological polar surface area (TPSA) is 63.2 Å². The molecule has 1 aliphatic heterocycles. The Morgan fingerprint density at radius 3 is 2.38 bits per heavy atom. The third kappa shape index (κ3) is 4.20. The number of rotatable bonds is 4. The molecule has 1 amide bonds. The molecule has 1 saturated heterocycles. The van der Waals surface area contributed by atoms with E-state index in [1.54, 1.807) is 12.1 Å². The van der Waals surface area contributed by atoms with Gasteiger partial charge >= 0.3 is 0 Å². The first-order valence-electron chi connectivity index (χ1n) is 7.05. The molecule has 1 aliphatic rings. The van der Waals surface area contributed by atoms with Crippen LogP contribution in [0.25, 0.3) is 0 Å². The average molecular weight is 330 g/mol. The van der Waals surface area contributed by atoms with Crippen LogP contribution in [0.4, 0.5) is 0 Å². The number of nitrogens with one attached hydrogen (secondary N) is 1. The zero-order valence-electron chi connectivity index (χ0n) is 12.2. The highest BCUT2D eigenvalue weighted by molar-refractivity contribution is 7.91. The van der Waals surface area contributed by atoms with E-state index in [1.807, 2.05) is 26.0 Å². The molecule has 1 aromatic carbocycles. The molecule has 0 unspecified atom stereocenters. The van der Waals surface area contributed by atoms with Crippen LogP contribution in [0.2, 0.25) is 5.02 Å². The number of carbonyl (C=O) groups is 1. The molecule has 6 heteroatoms. The summed E-state index contributed by atoms with van der Waals surface area (Å²) in [6.45, 7) is 3.95. The Morgan fingerprint density at radius 1 is 1.29 bits per heavy atom. The molecule has 0 aromatic heterocycles. The minimum atomic E-state index is -2.99. The monoisotopic (exact) mass is 329 g/mol. The molecule has 4 nitrogen and oxygen atoms in total. The Balaban J connectivity index is 2.11. The number of halogens is 1. The van der Waals surface area contributed by atoms with Crippen LogP contribution in [0.3, 0.4) is 0 Å². The van der Waals surface area contributed by atoms with E-state index in [-0.39, 0.29) is 35.3 Å². The number of hydrogen-bond acceptors (Lipinski definition) is 3. The van der Waals surface area contributed by atoms with Crippen molar-refractivity contribution in [2.24, 2.45) is 5.92 Å². The van der Waals surface area contributed by atoms with Gasteiger partial charge in [-0.05, 0) is 30.0 Å². The standard InChI is InChI=1S/C15H20ClNO3S/c1-10(2)14(11-3-5-12(16)6-4-11)15(18)17-13-7-8-21(19,20)9-13/h3-6,10,13-14H,7-9H2,1-2H3,(H,17,18)/t13-,14-/m1/s1. The van der Waals surface area contributed by atoms with E-state index < -0.39 is 9.84 Å². The lowest BCUT2D eigenvalue weighted by atomic mass is 9.87. The predicted octanol–water partition coefficient (Wildman–Crippen LogP) is 2.38. The molecule has 1 N–H and O–H groups in total. The summed E-state index contributed by atoms with van der Waals surface area (Å²) in [6.07, 6.45) is 0.500. The normalized spacial score (nSPS) is 22.2. The van der Waals surface area contributed by atoms with Crippen LogP contribution in [-0.4, -0.2) is 31.9 Å². The van der Waals surface area contributed by atoms with Crippen molar-refractivity contribution >= 4 is 27.3 Å². The number of benzene rings is 1. The van der Waals surface area contributed by atoms with Gasteiger partial charge < -0.3 is 5.32 Å². The highest BCUT2D eigenvalue weighted by atomic mass is 35.5. The minimum Gasteiger partial charge on any atom is -0.352 e. The zero-order valence-corrected chi connectivity index (χ0v) is 13.7. The first-order valence-corrected chi connectivity index (χ1v) is 9.25. The van der Waals surface area contributed by atoms with Gasteiger partial charge in [0.05, 0.1) is 17.4 Å². The van der Waals surface area contributed by atoms with Crippen LogP contribution in [-0.2, 0) is 14.6 Å². The summed E-state index contributed by atoms with van der Waals surface area (Å²) in [6, 6.07) is 6.95. The van der Waals surface area contributed by atoms with Gasteiger partial charge in [-0.2, -0.15) is 0 Å². The molecule has 1 fully saturated rings. The Morgan fingerprint density at radius 2 is 1.90 bits per heavy atom. The Bertz CT molecular complexity index is 610. The minimum absolute atomic E-state index is 0.0458. The van der Waals surface area contributed by atoms with Crippen molar-refractivity contribution in [1.29, 1.82) is 0 Å². The van der Waals surface area contributed by atoms with Crippen LogP contribution in [0, 0.1) is 5.92 Å². The molecule has 0 aliphatic carbocycles. The largest absolute Gasteiger partial charge is 0.352 e. The van der Waals surface area contributed by atoms with Gasteiger partial charge in [0.2, 0.25) is 5.91 Å². The number of amides is 1. The van der Waals surface area contributed by atoms with Gasteiger partial charge in [-0.15, -0.1) is 0 Å². The summed E-state index contributed by atoms with van der Waals surface area (Å²) in [5.74, 6) is -0.0979. The lowest BCUT2D eigenvalue weighted by Gasteiger charge is -2.23. The molecule has 2 rings (SSSR count). The maximum atomic E-state index is 12.5. The van der Waals surface area contributed by atoms with Crippen LogP contribution >= 0.6 is 11.6 Å². The molecular formula is C15H20ClNO3S. The summed E-state index contributed by atoms with van der Waals surface area (Å²) in [5, 5.41) is 3.51. The van der Waals surface area contributed by atoms with E-state index in [2.05, 4.69) is 5.32 Å². The fourth-order valence-corrected chi connectivity index (χ4v) is 4.51. The first-order chi connectivity index (χ1) is 9.78. The van der Waals surface area contributed by atoms with E-state index in [0.29, 0.717) is 11.4 Å². The third-order valence-electron chi connectivity index (χ3n) is 3.76. The highest BCUT2D eigenvalue weighted by Crippen LogP contribution is 2.26. The van der Waals surface area contributed by atoms with Crippen molar-refractivity contribution in [3.8, 4) is 0 Å². The van der Waals surface area contributed by atoms with Gasteiger partial charge in [-0.1, -0.05) is 37.6 Å². The summed E-state index contributed by atoms with van der Waals surface area (Å²) in [7, 11) is -2.99. The fraction of sp³-hybridized carbons (Fsp3) is 0.533. The summed E-state index contributed by atoms with van der Waals surface area (Å²) in [5.41, 5.74) is 0.896.